The van der Waals surface area contributed by atoms with Crippen molar-refractivity contribution in [1.29, 1.82) is 0 Å². The van der Waals surface area contributed by atoms with Crippen molar-refractivity contribution in [3.8, 4) is 0 Å². The first-order valence-corrected chi connectivity index (χ1v) is 7.29. The van der Waals surface area contributed by atoms with E-state index < -0.39 is 12.6 Å². The highest BCUT2D eigenvalue weighted by molar-refractivity contribution is 5.16. The molecule has 1 atom stereocenters. The second kappa shape index (κ2) is 7.72. The Kier molecular flexibility index (Phi) is 6.59. The molecule has 0 saturated heterocycles. The van der Waals surface area contributed by atoms with E-state index >= 15 is 0 Å². The van der Waals surface area contributed by atoms with Gasteiger partial charge < -0.3 is 9.88 Å². The largest absolute Gasteiger partial charge is 0.389 e. The van der Waals surface area contributed by atoms with Crippen molar-refractivity contribution < 1.29 is 13.2 Å². The van der Waals surface area contributed by atoms with Gasteiger partial charge in [-0.2, -0.15) is 13.2 Å². The predicted molar refractivity (Wildman–Crippen MR) is 75.6 cm³/mol. The Balaban J connectivity index is 2.55. The monoisotopic (exact) mass is 290 g/mol. The lowest BCUT2D eigenvalue weighted by molar-refractivity contribution is -0.135. The number of aryl methyl sites for hydroxylation is 1. The fourth-order valence-electron chi connectivity index (χ4n) is 2.28. The number of nitrogens with zero attached hydrogens (tertiary/aromatic N) is 1. The van der Waals surface area contributed by atoms with Crippen LogP contribution in [0.15, 0.2) is 18.5 Å². The fourth-order valence-corrected chi connectivity index (χ4v) is 2.28. The zero-order chi connectivity index (χ0) is 15.2. The first-order valence-electron chi connectivity index (χ1n) is 7.29. The molecule has 0 radical (unpaired) electrons. The molecule has 116 valence electrons. The summed E-state index contributed by atoms with van der Waals surface area (Å²) in [4.78, 5) is 0. The SMILES string of the molecule is CCCNC(c1ccn(CCCC(F)(F)F)c1)C(C)C. The van der Waals surface area contributed by atoms with Gasteiger partial charge in [0.05, 0.1) is 0 Å². The van der Waals surface area contributed by atoms with Crippen LogP contribution in [0.4, 0.5) is 13.2 Å². The summed E-state index contributed by atoms with van der Waals surface area (Å²) in [6.07, 6.45) is 0.252. The van der Waals surface area contributed by atoms with Crippen LogP contribution in [-0.2, 0) is 6.54 Å². The second-order valence-corrected chi connectivity index (χ2v) is 5.58. The van der Waals surface area contributed by atoms with E-state index in [4.69, 9.17) is 0 Å². The van der Waals surface area contributed by atoms with Gasteiger partial charge in [-0.1, -0.05) is 20.8 Å². The summed E-state index contributed by atoms with van der Waals surface area (Å²) in [6, 6.07) is 2.26. The number of alkyl halides is 3. The van der Waals surface area contributed by atoms with Crippen LogP contribution in [0.2, 0.25) is 0 Å². The second-order valence-electron chi connectivity index (χ2n) is 5.58. The molecular weight excluding hydrogens is 265 g/mol. The standard InChI is InChI=1S/C15H25F3N2/c1-4-8-19-14(12(2)3)13-6-10-20(11-13)9-5-7-15(16,17)18/h6,10-12,14,19H,4-5,7-9H2,1-3H3. The molecule has 0 spiro atoms. The number of halogens is 3. The Morgan fingerprint density at radius 2 is 2.00 bits per heavy atom. The van der Waals surface area contributed by atoms with Crippen LogP contribution in [-0.4, -0.2) is 17.3 Å². The third-order valence-corrected chi connectivity index (χ3v) is 3.29. The predicted octanol–water partition coefficient (Wildman–Crippen LogP) is 4.53. The quantitative estimate of drug-likeness (QED) is 0.744. The first kappa shape index (κ1) is 17.1. The zero-order valence-electron chi connectivity index (χ0n) is 12.5. The maximum atomic E-state index is 12.1. The van der Waals surface area contributed by atoms with E-state index in [2.05, 4.69) is 26.1 Å². The number of nitrogens with one attached hydrogen (secondary N) is 1. The van der Waals surface area contributed by atoms with Crippen LogP contribution in [0.25, 0.3) is 0 Å². The minimum atomic E-state index is -4.06. The van der Waals surface area contributed by atoms with Crippen LogP contribution in [0, 0.1) is 5.92 Å². The highest BCUT2D eigenvalue weighted by Crippen LogP contribution is 2.24. The maximum absolute atomic E-state index is 12.1. The van der Waals surface area contributed by atoms with Gasteiger partial charge in [-0.05, 0) is 36.9 Å². The van der Waals surface area contributed by atoms with E-state index in [0.29, 0.717) is 12.5 Å². The van der Waals surface area contributed by atoms with Crippen molar-refractivity contribution in [3.63, 3.8) is 0 Å². The molecule has 0 aromatic carbocycles. The lowest BCUT2D eigenvalue weighted by Gasteiger charge is -2.21. The van der Waals surface area contributed by atoms with E-state index in [9.17, 15) is 13.2 Å². The van der Waals surface area contributed by atoms with Gasteiger partial charge in [0.1, 0.15) is 0 Å². The lowest BCUT2D eigenvalue weighted by atomic mass is 9.98. The number of aromatic nitrogens is 1. The Hall–Kier alpha value is -0.970. The minimum Gasteiger partial charge on any atom is -0.354 e. The molecule has 0 fully saturated rings. The van der Waals surface area contributed by atoms with Crippen molar-refractivity contribution >= 4 is 0 Å². The van der Waals surface area contributed by atoms with Gasteiger partial charge in [0.2, 0.25) is 0 Å². The smallest absolute Gasteiger partial charge is 0.354 e. The third-order valence-electron chi connectivity index (χ3n) is 3.29. The summed E-state index contributed by atoms with van der Waals surface area (Å²) in [5.41, 5.74) is 1.15. The summed E-state index contributed by atoms with van der Waals surface area (Å²) in [5.74, 6) is 0.451. The van der Waals surface area contributed by atoms with Crippen LogP contribution < -0.4 is 5.32 Å². The van der Waals surface area contributed by atoms with Crippen LogP contribution >= 0.6 is 0 Å². The van der Waals surface area contributed by atoms with E-state index in [1.165, 1.54) is 0 Å². The van der Waals surface area contributed by atoms with Crippen LogP contribution in [0.1, 0.15) is 51.6 Å². The van der Waals surface area contributed by atoms with Gasteiger partial charge in [0, 0.05) is 31.4 Å². The molecule has 0 aliphatic rings. The summed E-state index contributed by atoms with van der Waals surface area (Å²) in [5, 5.41) is 3.49. The molecule has 0 aliphatic carbocycles. The van der Waals surface area contributed by atoms with Gasteiger partial charge in [-0.3, -0.25) is 0 Å². The highest BCUT2D eigenvalue weighted by Gasteiger charge is 2.26. The topological polar surface area (TPSA) is 17.0 Å². The maximum Gasteiger partial charge on any atom is 0.389 e. The number of rotatable bonds is 8. The lowest BCUT2D eigenvalue weighted by Crippen LogP contribution is -2.26. The van der Waals surface area contributed by atoms with Gasteiger partial charge in [-0.25, -0.2) is 0 Å². The number of hydrogen-bond acceptors (Lipinski definition) is 1. The molecular formula is C15H25F3N2. The molecule has 1 aromatic heterocycles. The molecule has 0 bridgehead atoms. The van der Waals surface area contributed by atoms with Crippen molar-refractivity contribution in [1.82, 2.24) is 9.88 Å². The number of hydrogen-bond donors (Lipinski definition) is 1. The summed E-state index contributed by atoms with van der Waals surface area (Å²) < 4.78 is 38.2. The summed E-state index contributed by atoms with van der Waals surface area (Å²) >= 11 is 0. The molecule has 0 aliphatic heterocycles. The van der Waals surface area contributed by atoms with E-state index in [-0.39, 0.29) is 12.5 Å². The molecule has 0 saturated carbocycles. The first-order chi connectivity index (χ1) is 9.33. The van der Waals surface area contributed by atoms with Gasteiger partial charge >= 0.3 is 6.18 Å². The van der Waals surface area contributed by atoms with Crippen molar-refractivity contribution in [2.24, 2.45) is 5.92 Å². The average molecular weight is 290 g/mol. The fraction of sp³-hybridized carbons (Fsp3) is 0.733. The molecule has 1 N–H and O–H groups in total. The summed E-state index contributed by atoms with van der Waals surface area (Å²) in [6.45, 7) is 7.77. The molecule has 1 heterocycles. The minimum absolute atomic E-state index is 0.131. The molecule has 1 rings (SSSR count). The van der Waals surface area contributed by atoms with E-state index in [1.54, 1.807) is 0 Å². The molecule has 20 heavy (non-hydrogen) atoms. The Morgan fingerprint density at radius 3 is 2.55 bits per heavy atom. The van der Waals surface area contributed by atoms with Crippen molar-refractivity contribution in [3.05, 3.63) is 24.0 Å². The molecule has 1 aromatic rings. The van der Waals surface area contributed by atoms with E-state index in [1.807, 2.05) is 23.0 Å². The van der Waals surface area contributed by atoms with Crippen molar-refractivity contribution in [2.75, 3.05) is 6.54 Å². The Morgan fingerprint density at radius 1 is 1.30 bits per heavy atom. The van der Waals surface area contributed by atoms with E-state index in [0.717, 1.165) is 18.5 Å². The van der Waals surface area contributed by atoms with Crippen LogP contribution in [0.5, 0.6) is 0 Å². The Labute approximate surface area is 119 Å². The van der Waals surface area contributed by atoms with Gasteiger partial charge in [0.15, 0.2) is 0 Å². The highest BCUT2D eigenvalue weighted by atomic mass is 19.4. The third kappa shape index (κ3) is 5.99. The van der Waals surface area contributed by atoms with Gasteiger partial charge in [-0.15, -0.1) is 0 Å². The average Bonchev–Trinajstić information content (AvgIpc) is 2.76. The normalized spacial score (nSPS) is 13.9. The molecule has 2 nitrogen and oxygen atoms in total. The molecule has 0 amide bonds. The van der Waals surface area contributed by atoms with Crippen LogP contribution in [0.3, 0.4) is 0 Å². The molecule has 1 unspecified atom stereocenters. The Bertz CT molecular complexity index is 383. The van der Waals surface area contributed by atoms with Gasteiger partial charge in [0.25, 0.3) is 0 Å². The molecule has 5 heteroatoms. The van der Waals surface area contributed by atoms with Crippen molar-refractivity contribution in [2.45, 2.75) is 58.8 Å². The summed E-state index contributed by atoms with van der Waals surface area (Å²) in [7, 11) is 0. The zero-order valence-corrected chi connectivity index (χ0v) is 12.5.